The lowest BCUT2D eigenvalue weighted by atomic mass is 9.85. The largest absolute Gasteiger partial charge is 0.516 e. The maximum atomic E-state index is 5.95. The van der Waals surface area contributed by atoms with Gasteiger partial charge >= 0.3 is 7.12 Å². The van der Waals surface area contributed by atoms with E-state index >= 15 is 0 Å². The molecule has 2 heterocycles. The van der Waals surface area contributed by atoms with Gasteiger partial charge in [0, 0.05) is 12.4 Å². The Bertz CT molecular complexity index is 429. The molecule has 0 aliphatic carbocycles. The van der Waals surface area contributed by atoms with Gasteiger partial charge in [0.25, 0.3) is 0 Å². The molecule has 1 aliphatic rings. The molecule has 0 bridgehead atoms. The van der Waals surface area contributed by atoms with Gasteiger partial charge in [-0.2, -0.15) is 0 Å². The van der Waals surface area contributed by atoms with Crippen LogP contribution in [0.2, 0.25) is 0 Å². The molecule has 0 saturated carbocycles. The van der Waals surface area contributed by atoms with E-state index in [2.05, 4.69) is 23.8 Å². The Labute approximate surface area is 116 Å². The molecular weight excluding hydrogens is 239 g/mol. The molecule has 1 aliphatic heterocycles. The van der Waals surface area contributed by atoms with Gasteiger partial charge in [0.05, 0.1) is 22.5 Å². The Morgan fingerprint density at radius 1 is 1.11 bits per heavy atom. The van der Waals surface area contributed by atoms with Crippen LogP contribution in [0.25, 0.3) is 0 Å². The van der Waals surface area contributed by atoms with Crippen LogP contribution in [0.4, 0.5) is 0 Å². The fourth-order valence-corrected chi connectivity index (χ4v) is 1.90. The van der Waals surface area contributed by atoms with E-state index in [1.165, 1.54) is 0 Å². The van der Waals surface area contributed by atoms with Crippen LogP contribution in [-0.2, 0) is 9.31 Å². The first-order chi connectivity index (χ1) is 8.77. The van der Waals surface area contributed by atoms with Crippen LogP contribution in [0.5, 0.6) is 0 Å². The zero-order valence-electron chi connectivity index (χ0n) is 12.7. The molecule has 104 valence electrons. The number of hydrogen-bond acceptors (Lipinski definition) is 4. The Morgan fingerprint density at radius 3 is 2.11 bits per heavy atom. The minimum Gasteiger partial charge on any atom is -0.398 e. The van der Waals surface area contributed by atoms with Crippen LogP contribution >= 0.6 is 0 Å². The summed E-state index contributed by atoms with van der Waals surface area (Å²) in [5.41, 5.74) is 1.08. The molecule has 0 aromatic carbocycles. The highest BCUT2D eigenvalue weighted by atomic mass is 16.7. The van der Waals surface area contributed by atoms with Crippen molar-refractivity contribution in [2.24, 2.45) is 0 Å². The van der Waals surface area contributed by atoms with Gasteiger partial charge in [-0.15, -0.1) is 0 Å². The average molecular weight is 262 g/mol. The minimum atomic E-state index is -0.427. The zero-order valence-corrected chi connectivity index (χ0v) is 12.7. The van der Waals surface area contributed by atoms with Crippen molar-refractivity contribution in [3.05, 3.63) is 18.1 Å². The third kappa shape index (κ3) is 2.67. The topological polar surface area (TPSA) is 44.2 Å². The zero-order chi connectivity index (χ0) is 14.3. The maximum absolute atomic E-state index is 5.95. The van der Waals surface area contributed by atoms with Crippen molar-refractivity contribution >= 4 is 12.7 Å². The predicted molar refractivity (Wildman–Crippen MR) is 76.5 cm³/mol. The molecule has 19 heavy (non-hydrogen) atoms. The van der Waals surface area contributed by atoms with Gasteiger partial charge in [-0.25, -0.2) is 0 Å². The summed E-state index contributed by atoms with van der Waals surface area (Å²) in [4.78, 5) is 8.92. The van der Waals surface area contributed by atoms with E-state index in [1.54, 1.807) is 6.20 Å². The summed E-state index contributed by atoms with van der Waals surface area (Å²) in [5.74, 6) is 0.430. The Kier molecular flexibility index (Phi) is 3.71. The highest BCUT2D eigenvalue weighted by Crippen LogP contribution is 2.36. The van der Waals surface area contributed by atoms with Crippen LogP contribution in [0.3, 0.4) is 0 Å². The summed E-state index contributed by atoms with van der Waals surface area (Å²) in [5, 5.41) is 0. The molecule has 1 atom stereocenters. The third-order valence-corrected chi connectivity index (χ3v) is 4.30. The standard InChI is InChI=1S/C14H23BN2O2/c1-7-10(2)11-8-17-12(9-16-11)15-18-13(3,4)14(5,6)19-15/h8-10H,7H2,1-6H3. The van der Waals surface area contributed by atoms with E-state index in [0.29, 0.717) is 5.92 Å². The van der Waals surface area contributed by atoms with Gasteiger partial charge in [0.2, 0.25) is 0 Å². The Morgan fingerprint density at radius 2 is 1.68 bits per heavy atom. The van der Waals surface area contributed by atoms with Crippen LogP contribution in [-0.4, -0.2) is 28.3 Å². The predicted octanol–water partition coefficient (Wildman–Crippen LogP) is 2.29. The first-order valence-electron chi connectivity index (χ1n) is 6.94. The molecule has 1 aromatic heterocycles. The lowest BCUT2D eigenvalue weighted by Crippen LogP contribution is -2.41. The molecule has 2 rings (SSSR count). The quantitative estimate of drug-likeness (QED) is 0.784. The first-order valence-corrected chi connectivity index (χ1v) is 6.94. The van der Waals surface area contributed by atoms with E-state index in [4.69, 9.17) is 9.31 Å². The van der Waals surface area contributed by atoms with Crippen LogP contribution in [0, 0.1) is 0 Å². The number of nitrogens with zero attached hydrogens (tertiary/aromatic N) is 2. The smallest absolute Gasteiger partial charge is 0.398 e. The molecule has 1 unspecified atom stereocenters. The summed E-state index contributed by atoms with van der Waals surface area (Å²) >= 11 is 0. The highest BCUT2D eigenvalue weighted by Gasteiger charge is 2.52. The summed E-state index contributed by atoms with van der Waals surface area (Å²) in [7, 11) is -0.427. The van der Waals surface area contributed by atoms with Crippen molar-refractivity contribution < 1.29 is 9.31 Å². The van der Waals surface area contributed by atoms with Gasteiger partial charge in [0.15, 0.2) is 0 Å². The van der Waals surface area contributed by atoms with Crippen LogP contribution in [0.1, 0.15) is 59.6 Å². The second-order valence-electron chi connectivity index (χ2n) is 6.26. The van der Waals surface area contributed by atoms with Crippen molar-refractivity contribution in [2.45, 2.75) is 65.1 Å². The number of hydrogen-bond donors (Lipinski definition) is 0. The highest BCUT2D eigenvalue weighted by molar-refractivity contribution is 6.61. The number of aromatic nitrogens is 2. The van der Waals surface area contributed by atoms with Gasteiger partial charge in [0.1, 0.15) is 0 Å². The molecule has 0 N–H and O–H groups in total. The number of rotatable bonds is 3. The summed E-state index contributed by atoms with van der Waals surface area (Å²) in [6.07, 6.45) is 4.66. The van der Waals surface area contributed by atoms with Gasteiger partial charge < -0.3 is 9.31 Å². The lowest BCUT2D eigenvalue weighted by molar-refractivity contribution is 0.00578. The van der Waals surface area contributed by atoms with Gasteiger partial charge in [-0.3, -0.25) is 9.97 Å². The van der Waals surface area contributed by atoms with Gasteiger partial charge in [-0.05, 0) is 40.0 Å². The molecule has 4 nitrogen and oxygen atoms in total. The molecular formula is C14H23BN2O2. The molecule has 0 spiro atoms. The van der Waals surface area contributed by atoms with E-state index in [-0.39, 0.29) is 11.2 Å². The van der Waals surface area contributed by atoms with Crippen molar-refractivity contribution in [3.8, 4) is 0 Å². The normalized spacial score (nSPS) is 22.5. The monoisotopic (exact) mass is 262 g/mol. The third-order valence-electron chi connectivity index (χ3n) is 4.30. The second-order valence-corrected chi connectivity index (χ2v) is 6.26. The van der Waals surface area contributed by atoms with E-state index < -0.39 is 7.12 Å². The SMILES string of the molecule is CCC(C)c1cnc(B2OC(C)(C)C(C)(C)O2)cn1. The molecule has 1 fully saturated rings. The molecule has 1 saturated heterocycles. The van der Waals surface area contributed by atoms with E-state index in [1.807, 2.05) is 33.9 Å². The molecule has 5 heteroatoms. The first kappa shape index (κ1) is 14.5. The molecule has 1 aromatic rings. The lowest BCUT2D eigenvalue weighted by Gasteiger charge is -2.32. The average Bonchev–Trinajstić information content (AvgIpc) is 2.58. The maximum Gasteiger partial charge on any atom is 0.516 e. The fourth-order valence-electron chi connectivity index (χ4n) is 1.90. The Balaban J connectivity index is 2.17. The second kappa shape index (κ2) is 4.87. The van der Waals surface area contributed by atoms with Crippen LogP contribution in [0.15, 0.2) is 12.4 Å². The van der Waals surface area contributed by atoms with Crippen molar-refractivity contribution in [1.29, 1.82) is 0 Å². The molecule has 0 amide bonds. The van der Waals surface area contributed by atoms with Crippen molar-refractivity contribution in [2.75, 3.05) is 0 Å². The fraction of sp³-hybridized carbons (Fsp3) is 0.714. The van der Waals surface area contributed by atoms with Gasteiger partial charge in [-0.1, -0.05) is 13.8 Å². The van der Waals surface area contributed by atoms with Crippen molar-refractivity contribution in [1.82, 2.24) is 9.97 Å². The summed E-state index contributed by atoms with van der Waals surface area (Å²) in [6.45, 7) is 12.4. The van der Waals surface area contributed by atoms with E-state index in [0.717, 1.165) is 17.7 Å². The Hall–Kier alpha value is -0.935. The molecule has 0 radical (unpaired) electrons. The van der Waals surface area contributed by atoms with Crippen LogP contribution < -0.4 is 5.59 Å². The minimum absolute atomic E-state index is 0.339. The van der Waals surface area contributed by atoms with Crippen molar-refractivity contribution in [3.63, 3.8) is 0 Å². The summed E-state index contributed by atoms with van der Waals surface area (Å²) < 4.78 is 11.9. The summed E-state index contributed by atoms with van der Waals surface area (Å²) in [6, 6.07) is 0. The van der Waals surface area contributed by atoms with E-state index in [9.17, 15) is 0 Å².